The second-order valence-corrected chi connectivity index (χ2v) is 5.45. The van der Waals surface area contributed by atoms with Gasteiger partial charge >= 0.3 is 5.69 Å². The van der Waals surface area contributed by atoms with Gasteiger partial charge in [-0.3, -0.25) is 14.3 Å². The van der Waals surface area contributed by atoms with Crippen molar-refractivity contribution in [1.82, 2.24) is 9.55 Å². The summed E-state index contributed by atoms with van der Waals surface area (Å²) < 4.78 is 15.2. The van der Waals surface area contributed by atoms with Gasteiger partial charge in [-0.25, -0.2) is 9.18 Å². The zero-order valence-electron chi connectivity index (χ0n) is 9.37. The number of hydrogen-bond donors (Lipinski definition) is 1. The fourth-order valence-electron chi connectivity index (χ4n) is 2.02. The van der Waals surface area contributed by atoms with Gasteiger partial charge in [0.2, 0.25) is 0 Å². The molecule has 1 aliphatic rings. The van der Waals surface area contributed by atoms with Crippen LogP contribution in [0.25, 0.3) is 10.9 Å². The smallest absolute Gasteiger partial charge is 0.293 e. The van der Waals surface area contributed by atoms with Crippen molar-refractivity contribution in [2.24, 2.45) is 5.92 Å². The number of benzene rings is 1. The monoisotopic (exact) mass is 312 g/mol. The van der Waals surface area contributed by atoms with Crippen molar-refractivity contribution in [1.29, 1.82) is 0 Å². The first-order valence-electron chi connectivity index (χ1n) is 5.68. The second-order valence-electron chi connectivity index (χ2n) is 4.60. The Morgan fingerprint density at radius 3 is 2.78 bits per heavy atom. The van der Waals surface area contributed by atoms with Crippen LogP contribution in [-0.2, 0) is 6.54 Å². The Labute approximate surface area is 110 Å². The standard InChI is InChI=1S/C12H10BrFN2O2/c13-8-3-7-10(4-9(8)14)16(5-6-1-2-6)12(18)15-11(7)17/h3-4,6H,1-2,5H2,(H,15,17,18). The first-order valence-corrected chi connectivity index (χ1v) is 6.47. The molecule has 94 valence electrons. The molecule has 0 aliphatic heterocycles. The van der Waals surface area contributed by atoms with Crippen molar-refractivity contribution in [2.75, 3.05) is 0 Å². The van der Waals surface area contributed by atoms with E-state index in [9.17, 15) is 14.0 Å². The molecule has 3 rings (SSSR count). The lowest BCUT2D eigenvalue weighted by Crippen LogP contribution is -2.31. The summed E-state index contributed by atoms with van der Waals surface area (Å²) in [7, 11) is 0. The molecule has 18 heavy (non-hydrogen) atoms. The van der Waals surface area contributed by atoms with Gasteiger partial charge in [0.25, 0.3) is 5.56 Å². The molecule has 2 aromatic rings. The summed E-state index contributed by atoms with van der Waals surface area (Å²) in [6, 6.07) is 2.64. The number of nitrogens with zero attached hydrogens (tertiary/aromatic N) is 1. The molecule has 0 unspecified atom stereocenters. The highest BCUT2D eigenvalue weighted by molar-refractivity contribution is 9.10. The van der Waals surface area contributed by atoms with Crippen molar-refractivity contribution >= 4 is 26.8 Å². The number of hydrogen-bond acceptors (Lipinski definition) is 2. The fraction of sp³-hybridized carbons (Fsp3) is 0.333. The van der Waals surface area contributed by atoms with E-state index in [1.165, 1.54) is 16.7 Å². The highest BCUT2D eigenvalue weighted by atomic mass is 79.9. The molecule has 0 bridgehead atoms. The van der Waals surface area contributed by atoms with Crippen molar-refractivity contribution in [2.45, 2.75) is 19.4 Å². The van der Waals surface area contributed by atoms with Crippen LogP contribution >= 0.6 is 15.9 Å². The van der Waals surface area contributed by atoms with Crippen LogP contribution in [0.15, 0.2) is 26.2 Å². The highest BCUT2D eigenvalue weighted by Gasteiger charge is 2.23. The molecule has 1 saturated carbocycles. The number of aromatic nitrogens is 2. The van der Waals surface area contributed by atoms with Crippen LogP contribution in [0, 0.1) is 11.7 Å². The number of fused-ring (bicyclic) bond motifs is 1. The van der Waals surface area contributed by atoms with Crippen molar-refractivity contribution in [3.05, 3.63) is 43.3 Å². The van der Waals surface area contributed by atoms with Crippen molar-refractivity contribution < 1.29 is 4.39 Å². The molecule has 1 aliphatic carbocycles. The summed E-state index contributed by atoms with van der Waals surface area (Å²) in [5, 5.41) is 0.323. The number of nitrogens with one attached hydrogen (secondary N) is 1. The molecule has 0 saturated heterocycles. The molecule has 0 amide bonds. The molecule has 1 aromatic carbocycles. The Morgan fingerprint density at radius 2 is 2.11 bits per heavy atom. The van der Waals surface area contributed by atoms with E-state index in [0.717, 1.165) is 12.8 Å². The van der Waals surface area contributed by atoms with E-state index in [-0.39, 0.29) is 4.47 Å². The van der Waals surface area contributed by atoms with Crippen molar-refractivity contribution in [3.8, 4) is 0 Å². The topological polar surface area (TPSA) is 54.9 Å². The Bertz CT molecular complexity index is 746. The molecule has 1 fully saturated rings. The van der Waals surface area contributed by atoms with Gasteiger partial charge in [-0.05, 0) is 46.8 Å². The van der Waals surface area contributed by atoms with Crippen LogP contribution in [0.3, 0.4) is 0 Å². The minimum absolute atomic E-state index is 0.220. The first-order chi connectivity index (χ1) is 8.56. The maximum absolute atomic E-state index is 13.6. The van der Waals surface area contributed by atoms with E-state index in [1.54, 1.807) is 0 Å². The number of halogens is 2. The van der Waals surface area contributed by atoms with Gasteiger partial charge in [-0.1, -0.05) is 0 Å². The predicted octanol–water partition coefficient (Wildman–Crippen LogP) is 2.00. The van der Waals surface area contributed by atoms with Crippen molar-refractivity contribution in [3.63, 3.8) is 0 Å². The average Bonchev–Trinajstić information content (AvgIpc) is 3.11. The summed E-state index contributed by atoms with van der Waals surface area (Å²) in [6.45, 7) is 0.535. The molecule has 1 heterocycles. The predicted molar refractivity (Wildman–Crippen MR) is 69.2 cm³/mol. The molecular formula is C12H10BrFN2O2. The first kappa shape index (κ1) is 11.6. The largest absolute Gasteiger partial charge is 0.328 e. The van der Waals surface area contributed by atoms with Gasteiger partial charge < -0.3 is 0 Å². The lowest BCUT2D eigenvalue weighted by atomic mass is 10.2. The van der Waals surface area contributed by atoms with Gasteiger partial charge in [-0.2, -0.15) is 0 Å². The summed E-state index contributed by atoms with van der Waals surface area (Å²) in [4.78, 5) is 25.8. The van der Waals surface area contributed by atoms with E-state index in [0.29, 0.717) is 23.4 Å². The number of rotatable bonds is 2. The Hall–Kier alpha value is -1.43. The number of aromatic amines is 1. The molecule has 0 spiro atoms. The van der Waals surface area contributed by atoms with Gasteiger partial charge in [0, 0.05) is 6.54 Å². The Morgan fingerprint density at radius 1 is 1.39 bits per heavy atom. The van der Waals surface area contributed by atoms with Crippen LogP contribution in [-0.4, -0.2) is 9.55 Å². The molecule has 1 aromatic heterocycles. The maximum atomic E-state index is 13.6. The van der Waals surface area contributed by atoms with Gasteiger partial charge in [0.1, 0.15) is 5.82 Å². The SMILES string of the molecule is O=c1[nH]c(=O)n(CC2CC2)c2cc(F)c(Br)cc12. The minimum Gasteiger partial charge on any atom is -0.293 e. The third-order valence-corrected chi connectivity index (χ3v) is 3.79. The third kappa shape index (κ3) is 1.90. The molecule has 1 N–H and O–H groups in total. The highest BCUT2D eigenvalue weighted by Crippen LogP contribution is 2.31. The van der Waals surface area contributed by atoms with E-state index in [1.807, 2.05) is 0 Å². The van der Waals surface area contributed by atoms with E-state index < -0.39 is 17.1 Å². The molecule has 0 atom stereocenters. The van der Waals surface area contributed by atoms with Crippen LogP contribution in [0.4, 0.5) is 4.39 Å². The van der Waals surface area contributed by atoms with E-state index in [2.05, 4.69) is 20.9 Å². The third-order valence-electron chi connectivity index (χ3n) is 3.18. The van der Waals surface area contributed by atoms with Crippen LogP contribution < -0.4 is 11.2 Å². The van der Waals surface area contributed by atoms with Gasteiger partial charge in [-0.15, -0.1) is 0 Å². The lowest BCUT2D eigenvalue weighted by Gasteiger charge is -2.09. The second kappa shape index (κ2) is 4.05. The van der Waals surface area contributed by atoms with Gasteiger partial charge in [0.05, 0.1) is 15.4 Å². The Balaban J connectivity index is 2.35. The molecule has 0 radical (unpaired) electrons. The van der Waals surface area contributed by atoms with Crippen LogP contribution in [0.1, 0.15) is 12.8 Å². The Kier molecular flexibility index (Phi) is 2.62. The maximum Gasteiger partial charge on any atom is 0.328 e. The summed E-state index contributed by atoms with van der Waals surface area (Å²) >= 11 is 3.04. The van der Waals surface area contributed by atoms with Crippen LogP contribution in [0.5, 0.6) is 0 Å². The zero-order valence-corrected chi connectivity index (χ0v) is 11.0. The lowest BCUT2D eigenvalue weighted by molar-refractivity contribution is 0.600. The van der Waals surface area contributed by atoms with Gasteiger partial charge in [0.15, 0.2) is 0 Å². The minimum atomic E-state index is -0.484. The fourth-order valence-corrected chi connectivity index (χ4v) is 2.37. The quantitative estimate of drug-likeness (QED) is 0.922. The zero-order chi connectivity index (χ0) is 12.9. The van der Waals surface area contributed by atoms with E-state index in [4.69, 9.17) is 0 Å². The summed E-state index contributed by atoms with van der Waals surface area (Å²) in [5.74, 6) is -0.0134. The molecule has 4 nitrogen and oxygen atoms in total. The van der Waals surface area contributed by atoms with Crippen LogP contribution in [0.2, 0.25) is 0 Å². The summed E-state index contributed by atoms with van der Waals surface area (Å²) in [5.41, 5.74) is -0.597. The molecule has 6 heteroatoms. The summed E-state index contributed by atoms with van der Waals surface area (Å²) in [6.07, 6.45) is 2.15. The average molecular weight is 313 g/mol. The number of H-pyrrole nitrogens is 1. The van der Waals surface area contributed by atoms with E-state index >= 15 is 0 Å². The normalized spacial score (nSPS) is 15.2. The molecular weight excluding hydrogens is 303 g/mol.